The Morgan fingerprint density at radius 2 is 2.18 bits per heavy atom. The molecule has 0 bridgehead atoms. The predicted octanol–water partition coefficient (Wildman–Crippen LogP) is 3.67. The van der Waals surface area contributed by atoms with Crippen LogP contribution in [0.2, 0.25) is 0 Å². The summed E-state index contributed by atoms with van der Waals surface area (Å²) in [5.74, 6) is 1.03. The van der Waals surface area contributed by atoms with Crippen LogP contribution < -0.4 is 10.1 Å². The van der Waals surface area contributed by atoms with Crippen LogP contribution in [0.1, 0.15) is 31.2 Å². The van der Waals surface area contributed by atoms with Crippen molar-refractivity contribution >= 4 is 15.9 Å². The van der Waals surface area contributed by atoms with Gasteiger partial charge in [0.05, 0.1) is 0 Å². The molecule has 0 radical (unpaired) electrons. The second-order valence-electron chi connectivity index (χ2n) is 4.90. The summed E-state index contributed by atoms with van der Waals surface area (Å²) < 4.78 is 7.38. The molecule has 1 aliphatic rings. The molecule has 2 rings (SSSR count). The largest absolute Gasteiger partial charge is 0.487 e. The third-order valence-electron chi connectivity index (χ3n) is 3.56. The molecule has 0 aromatic heterocycles. The van der Waals surface area contributed by atoms with Gasteiger partial charge < -0.3 is 10.1 Å². The summed E-state index contributed by atoms with van der Waals surface area (Å²) in [6.45, 7) is 3.13. The molecule has 1 aromatic carbocycles. The maximum absolute atomic E-state index is 6.26. The van der Waals surface area contributed by atoms with Gasteiger partial charge in [-0.05, 0) is 70.0 Å². The van der Waals surface area contributed by atoms with Crippen LogP contribution in [0.25, 0.3) is 0 Å². The number of nitrogens with one attached hydrogen (secondary N) is 1. The fraction of sp³-hybridized carbons (Fsp3) is 0.571. The van der Waals surface area contributed by atoms with Crippen molar-refractivity contribution in [2.45, 2.75) is 38.2 Å². The van der Waals surface area contributed by atoms with E-state index < -0.39 is 0 Å². The third kappa shape index (κ3) is 3.02. The molecule has 94 valence electrons. The summed E-state index contributed by atoms with van der Waals surface area (Å²) in [4.78, 5) is 0. The van der Waals surface area contributed by atoms with Crippen LogP contribution in [0, 0.1) is 6.92 Å². The van der Waals surface area contributed by atoms with Gasteiger partial charge in [-0.15, -0.1) is 0 Å². The van der Waals surface area contributed by atoms with Crippen molar-refractivity contribution in [1.82, 2.24) is 5.32 Å². The average Bonchev–Trinajstić information content (AvgIpc) is 2.25. The Hall–Kier alpha value is -0.540. The highest BCUT2D eigenvalue weighted by Crippen LogP contribution is 2.40. The second-order valence-corrected chi connectivity index (χ2v) is 5.82. The van der Waals surface area contributed by atoms with Gasteiger partial charge in [0.25, 0.3) is 0 Å². The Morgan fingerprint density at radius 1 is 1.41 bits per heavy atom. The molecule has 1 aromatic rings. The molecule has 1 N–H and O–H groups in total. The maximum atomic E-state index is 6.26. The van der Waals surface area contributed by atoms with E-state index in [1.54, 1.807) is 0 Å². The van der Waals surface area contributed by atoms with Gasteiger partial charge >= 0.3 is 0 Å². The summed E-state index contributed by atoms with van der Waals surface area (Å²) in [5.41, 5.74) is 1.29. The first kappa shape index (κ1) is 12.9. The topological polar surface area (TPSA) is 21.3 Å². The number of halogens is 1. The zero-order chi connectivity index (χ0) is 12.3. The zero-order valence-corrected chi connectivity index (χ0v) is 12.1. The zero-order valence-electron chi connectivity index (χ0n) is 10.6. The van der Waals surface area contributed by atoms with Crippen molar-refractivity contribution in [3.05, 3.63) is 28.2 Å². The van der Waals surface area contributed by atoms with Crippen molar-refractivity contribution in [3.8, 4) is 5.75 Å². The van der Waals surface area contributed by atoms with Crippen molar-refractivity contribution in [2.75, 3.05) is 13.6 Å². The number of hydrogen-bond acceptors (Lipinski definition) is 2. The van der Waals surface area contributed by atoms with Crippen molar-refractivity contribution in [3.63, 3.8) is 0 Å². The van der Waals surface area contributed by atoms with Crippen molar-refractivity contribution < 1.29 is 4.74 Å². The normalized spacial score (nSPS) is 17.6. The molecule has 0 aliphatic heterocycles. The van der Waals surface area contributed by atoms with Crippen LogP contribution in [0.4, 0.5) is 0 Å². The molecule has 1 aliphatic carbocycles. The summed E-state index contributed by atoms with van der Waals surface area (Å²) in [6, 6.07) is 6.23. The van der Waals surface area contributed by atoms with E-state index in [4.69, 9.17) is 4.74 Å². The Balaban J connectivity index is 2.07. The van der Waals surface area contributed by atoms with Gasteiger partial charge in [0.1, 0.15) is 11.4 Å². The minimum absolute atomic E-state index is 0.0849. The molecule has 2 nitrogen and oxygen atoms in total. The van der Waals surface area contributed by atoms with Crippen molar-refractivity contribution in [1.29, 1.82) is 0 Å². The average molecular weight is 298 g/mol. The van der Waals surface area contributed by atoms with E-state index >= 15 is 0 Å². The van der Waals surface area contributed by atoms with Gasteiger partial charge in [0, 0.05) is 4.47 Å². The van der Waals surface area contributed by atoms with E-state index in [1.165, 1.54) is 24.8 Å². The van der Waals surface area contributed by atoms with Gasteiger partial charge in [-0.1, -0.05) is 15.9 Å². The molecule has 0 heterocycles. The molecule has 0 spiro atoms. The fourth-order valence-corrected chi connectivity index (χ4v) is 2.76. The lowest BCUT2D eigenvalue weighted by Crippen LogP contribution is -2.45. The van der Waals surface area contributed by atoms with E-state index in [0.29, 0.717) is 0 Å². The van der Waals surface area contributed by atoms with E-state index in [2.05, 4.69) is 40.3 Å². The number of benzene rings is 1. The van der Waals surface area contributed by atoms with Gasteiger partial charge in [-0.3, -0.25) is 0 Å². The first-order chi connectivity index (χ1) is 8.15. The highest BCUT2D eigenvalue weighted by Gasteiger charge is 2.38. The first-order valence-electron chi connectivity index (χ1n) is 6.25. The van der Waals surface area contributed by atoms with E-state index in [-0.39, 0.29) is 5.60 Å². The van der Waals surface area contributed by atoms with Crippen molar-refractivity contribution in [2.24, 2.45) is 0 Å². The fourth-order valence-electron chi connectivity index (χ4n) is 2.29. The summed E-state index contributed by atoms with van der Waals surface area (Å²) in [6.07, 6.45) is 4.76. The van der Waals surface area contributed by atoms with E-state index in [1.807, 2.05) is 13.1 Å². The molecule has 1 saturated carbocycles. The standard InChI is InChI=1S/C14H20BrNO/c1-11-10-12(15)4-5-13(11)17-14(6-3-7-14)8-9-16-2/h4-5,10,16H,3,6-9H2,1-2H3. The van der Waals surface area contributed by atoms with Crippen LogP contribution in [0.3, 0.4) is 0 Å². The highest BCUT2D eigenvalue weighted by molar-refractivity contribution is 9.10. The smallest absolute Gasteiger partial charge is 0.123 e. The highest BCUT2D eigenvalue weighted by atomic mass is 79.9. The summed E-state index contributed by atoms with van der Waals surface area (Å²) >= 11 is 3.48. The number of hydrogen-bond donors (Lipinski definition) is 1. The quantitative estimate of drug-likeness (QED) is 0.895. The molecule has 0 unspecified atom stereocenters. The molecule has 1 fully saturated rings. The predicted molar refractivity (Wildman–Crippen MR) is 74.6 cm³/mol. The second kappa shape index (κ2) is 5.40. The number of rotatable bonds is 5. The van der Waals surface area contributed by atoms with Crippen LogP contribution in [0.5, 0.6) is 5.75 Å². The van der Waals surface area contributed by atoms with Gasteiger partial charge in [-0.25, -0.2) is 0 Å². The minimum Gasteiger partial charge on any atom is -0.487 e. The Bertz CT molecular complexity index is 388. The molecule has 17 heavy (non-hydrogen) atoms. The molecular weight excluding hydrogens is 278 g/mol. The lowest BCUT2D eigenvalue weighted by molar-refractivity contribution is -0.0144. The molecule has 3 heteroatoms. The van der Waals surface area contributed by atoms with E-state index in [0.717, 1.165) is 23.2 Å². The summed E-state index contributed by atoms with van der Waals surface area (Å²) in [7, 11) is 2.00. The molecular formula is C14H20BrNO. The van der Waals surface area contributed by atoms with Crippen LogP contribution in [0.15, 0.2) is 22.7 Å². The Morgan fingerprint density at radius 3 is 2.71 bits per heavy atom. The lowest BCUT2D eigenvalue weighted by Gasteiger charge is -2.42. The molecule has 0 amide bonds. The first-order valence-corrected chi connectivity index (χ1v) is 7.04. The summed E-state index contributed by atoms with van der Waals surface area (Å²) in [5, 5.41) is 3.21. The molecule has 0 saturated heterocycles. The SMILES string of the molecule is CNCCC1(Oc2ccc(Br)cc2C)CCC1. The Labute approximate surface area is 112 Å². The van der Waals surface area contributed by atoms with Gasteiger partial charge in [0.15, 0.2) is 0 Å². The number of aryl methyl sites for hydroxylation is 1. The molecule has 0 atom stereocenters. The van der Waals surface area contributed by atoms with E-state index in [9.17, 15) is 0 Å². The lowest BCUT2D eigenvalue weighted by atomic mass is 9.77. The monoisotopic (exact) mass is 297 g/mol. The maximum Gasteiger partial charge on any atom is 0.123 e. The Kier molecular flexibility index (Phi) is 4.10. The minimum atomic E-state index is 0.0849. The van der Waals surface area contributed by atoms with Crippen LogP contribution in [-0.4, -0.2) is 19.2 Å². The van der Waals surface area contributed by atoms with Gasteiger partial charge in [0.2, 0.25) is 0 Å². The van der Waals surface area contributed by atoms with Crippen LogP contribution >= 0.6 is 15.9 Å². The van der Waals surface area contributed by atoms with Gasteiger partial charge in [-0.2, -0.15) is 0 Å². The number of ether oxygens (including phenoxy) is 1. The third-order valence-corrected chi connectivity index (χ3v) is 4.05. The van der Waals surface area contributed by atoms with Crippen LogP contribution in [-0.2, 0) is 0 Å².